The highest BCUT2D eigenvalue weighted by Gasteiger charge is 2.18. The SMILES string of the molecule is CCC(C)NS(=O)(=O)c1ccc(C(=O)Nc2cccc(C(=O)N(CC)CC)c2)cc1. The first-order chi connectivity index (χ1) is 14.2. The molecule has 0 aromatic heterocycles. The smallest absolute Gasteiger partial charge is 0.255 e. The maximum atomic E-state index is 12.6. The van der Waals surface area contributed by atoms with Gasteiger partial charge in [-0.25, -0.2) is 13.1 Å². The Morgan fingerprint density at radius 3 is 2.17 bits per heavy atom. The molecule has 2 rings (SSSR count). The van der Waals surface area contributed by atoms with Crippen molar-refractivity contribution >= 4 is 27.5 Å². The van der Waals surface area contributed by atoms with Crippen molar-refractivity contribution in [1.82, 2.24) is 9.62 Å². The van der Waals surface area contributed by atoms with Gasteiger partial charge in [0.2, 0.25) is 10.0 Å². The lowest BCUT2D eigenvalue weighted by atomic mass is 10.1. The summed E-state index contributed by atoms with van der Waals surface area (Å²) in [6, 6.07) is 12.3. The van der Waals surface area contributed by atoms with Crippen LogP contribution in [0.3, 0.4) is 0 Å². The molecule has 0 saturated heterocycles. The molecular weight excluding hydrogens is 402 g/mol. The van der Waals surface area contributed by atoms with Gasteiger partial charge in [-0.1, -0.05) is 13.0 Å². The van der Waals surface area contributed by atoms with Crippen molar-refractivity contribution in [2.24, 2.45) is 0 Å². The van der Waals surface area contributed by atoms with Gasteiger partial charge in [-0.05, 0) is 69.7 Å². The Kier molecular flexibility index (Phi) is 8.14. The third-order valence-electron chi connectivity index (χ3n) is 4.81. The van der Waals surface area contributed by atoms with E-state index in [1.165, 1.54) is 24.3 Å². The van der Waals surface area contributed by atoms with Crippen molar-refractivity contribution in [2.75, 3.05) is 18.4 Å². The summed E-state index contributed by atoms with van der Waals surface area (Å²) in [4.78, 5) is 26.9. The minimum atomic E-state index is -3.63. The van der Waals surface area contributed by atoms with Gasteiger partial charge in [-0.3, -0.25) is 9.59 Å². The fraction of sp³-hybridized carbons (Fsp3) is 0.364. The number of carbonyl (C=O) groups is 2. The highest BCUT2D eigenvalue weighted by Crippen LogP contribution is 2.16. The lowest BCUT2D eigenvalue weighted by Crippen LogP contribution is -2.32. The Labute approximate surface area is 178 Å². The topological polar surface area (TPSA) is 95.6 Å². The van der Waals surface area contributed by atoms with Crippen LogP contribution in [0, 0.1) is 0 Å². The maximum Gasteiger partial charge on any atom is 0.255 e. The van der Waals surface area contributed by atoms with Gasteiger partial charge < -0.3 is 10.2 Å². The summed E-state index contributed by atoms with van der Waals surface area (Å²) in [5.74, 6) is -0.485. The Morgan fingerprint density at radius 2 is 1.60 bits per heavy atom. The molecule has 0 fully saturated rings. The second-order valence-corrected chi connectivity index (χ2v) is 8.68. The monoisotopic (exact) mass is 431 g/mol. The number of sulfonamides is 1. The van der Waals surface area contributed by atoms with Gasteiger partial charge in [0, 0.05) is 35.9 Å². The van der Waals surface area contributed by atoms with Crippen LogP contribution in [0.1, 0.15) is 54.8 Å². The van der Waals surface area contributed by atoms with Crippen LogP contribution in [0.5, 0.6) is 0 Å². The van der Waals surface area contributed by atoms with Crippen LogP contribution in [0.15, 0.2) is 53.4 Å². The van der Waals surface area contributed by atoms with Gasteiger partial charge in [-0.15, -0.1) is 0 Å². The average Bonchev–Trinajstić information content (AvgIpc) is 2.74. The maximum absolute atomic E-state index is 12.6. The van der Waals surface area contributed by atoms with E-state index in [2.05, 4.69) is 10.0 Å². The zero-order chi connectivity index (χ0) is 22.3. The highest BCUT2D eigenvalue weighted by atomic mass is 32.2. The highest BCUT2D eigenvalue weighted by molar-refractivity contribution is 7.89. The standard InChI is InChI=1S/C22H29N3O4S/c1-5-16(4)24-30(28,29)20-13-11-17(12-14-20)21(26)23-19-10-8-9-18(15-19)22(27)25(6-2)7-3/h8-16,24H,5-7H2,1-4H3,(H,23,26). The molecule has 0 aliphatic carbocycles. The molecule has 0 aliphatic heterocycles. The first-order valence-corrected chi connectivity index (χ1v) is 11.5. The first kappa shape index (κ1) is 23.6. The molecule has 7 nitrogen and oxygen atoms in total. The molecular formula is C22H29N3O4S. The molecule has 0 bridgehead atoms. The van der Waals surface area contributed by atoms with Crippen molar-refractivity contribution in [3.8, 4) is 0 Å². The molecule has 0 heterocycles. The Balaban J connectivity index is 2.13. The van der Waals surface area contributed by atoms with Crippen molar-refractivity contribution in [2.45, 2.75) is 45.1 Å². The van der Waals surface area contributed by atoms with E-state index < -0.39 is 10.0 Å². The molecule has 0 radical (unpaired) electrons. The summed E-state index contributed by atoms with van der Waals surface area (Å²) in [7, 11) is -3.63. The Morgan fingerprint density at radius 1 is 0.967 bits per heavy atom. The van der Waals surface area contributed by atoms with Crippen molar-refractivity contribution < 1.29 is 18.0 Å². The number of carbonyl (C=O) groups excluding carboxylic acids is 2. The second kappa shape index (κ2) is 10.4. The number of benzene rings is 2. The largest absolute Gasteiger partial charge is 0.339 e. The van der Waals surface area contributed by atoms with Gasteiger partial charge in [-0.2, -0.15) is 0 Å². The third-order valence-corrected chi connectivity index (χ3v) is 6.42. The van der Waals surface area contributed by atoms with Crippen LogP contribution in [0.2, 0.25) is 0 Å². The molecule has 0 saturated carbocycles. The number of hydrogen-bond donors (Lipinski definition) is 2. The quantitative estimate of drug-likeness (QED) is 0.635. The molecule has 1 unspecified atom stereocenters. The normalized spacial score (nSPS) is 12.3. The van der Waals surface area contributed by atoms with Crippen LogP contribution in [-0.4, -0.2) is 44.3 Å². The number of amides is 2. The zero-order valence-corrected chi connectivity index (χ0v) is 18.6. The Bertz CT molecular complexity index is 984. The van der Waals surface area contributed by atoms with Gasteiger partial charge in [0.15, 0.2) is 0 Å². The number of nitrogens with one attached hydrogen (secondary N) is 2. The predicted octanol–water partition coefficient (Wildman–Crippen LogP) is 3.50. The van der Waals surface area contributed by atoms with Crippen molar-refractivity contribution in [1.29, 1.82) is 0 Å². The molecule has 2 amide bonds. The molecule has 30 heavy (non-hydrogen) atoms. The predicted molar refractivity (Wildman–Crippen MR) is 118 cm³/mol. The van der Waals surface area contributed by atoms with Crippen LogP contribution >= 0.6 is 0 Å². The van der Waals surface area contributed by atoms with Crippen LogP contribution in [0.25, 0.3) is 0 Å². The molecule has 0 spiro atoms. The molecule has 162 valence electrons. The van der Waals surface area contributed by atoms with Crippen molar-refractivity contribution in [3.05, 3.63) is 59.7 Å². The van der Waals surface area contributed by atoms with Gasteiger partial charge in [0.25, 0.3) is 11.8 Å². The van der Waals surface area contributed by atoms with Crippen LogP contribution in [-0.2, 0) is 10.0 Å². The summed E-state index contributed by atoms with van der Waals surface area (Å²) < 4.78 is 27.2. The molecule has 2 aromatic carbocycles. The average molecular weight is 432 g/mol. The summed E-state index contributed by atoms with van der Waals surface area (Å²) in [6.07, 6.45) is 0.676. The van der Waals surface area contributed by atoms with Crippen molar-refractivity contribution in [3.63, 3.8) is 0 Å². The number of hydrogen-bond acceptors (Lipinski definition) is 4. The molecule has 1 atom stereocenters. The number of nitrogens with zero attached hydrogens (tertiary/aromatic N) is 1. The summed E-state index contributed by atoms with van der Waals surface area (Å²) >= 11 is 0. The summed E-state index contributed by atoms with van der Waals surface area (Å²) in [5.41, 5.74) is 1.31. The lowest BCUT2D eigenvalue weighted by molar-refractivity contribution is 0.0772. The number of anilines is 1. The van der Waals surface area contributed by atoms with E-state index in [-0.39, 0.29) is 22.8 Å². The lowest BCUT2D eigenvalue weighted by Gasteiger charge is -2.19. The molecule has 2 aromatic rings. The Hall–Kier alpha value is -2.71. The van der Waals surface area contributed by atoms with Gasteiger partial charge in [0.1, 0.15) is 0 Å². The zero-order valence-electron chi connectivity index (χ0n) is 17.8. The van der Waals surface area contributed by atoms with E-state index in [1.54, 1.807) is 36.1 Å². The van der Waals surface area contributed by atoms with Gasteiger partial charge >= 0.3 is 0 Å². The molecule has 8 heteroatoms. The summed E-state index contributed by atoms with van der Waals surface area (Å²) in [6.45, 7) is 8.72. The van der Waals surface area contributed by atoms with Gasteiger partial charge in [0.05, 0.1) is 4.90 Å². The van der Waals surface area contributed by atoms with E-state index in [1.807, 2.05) is 20.8 Å². The fourth-order valence-corrected chi connectivity index (χ4v) is 4.16. The van der Waals surface area contributed by atoms with Crippen LogP contribution in [0.4, 0.5) is 5.69 Å². The van der Waals surface area contributed by atoms with E-state index in [9.17, 15) is 18.0 Å². The van der Waals surface area contributed by atoms with Crippen LogP contribution < -0.4 is 10.0 Å². The third kappa shape index (κ3) is 5.90. The first-order valence-electron chi connectivity index (χ1n) is 10.0. The van der Waals surface area contributed by atoms with E-state index in [4.69, 9.17) is 0 Å². The minimum Gasteiger partial charge on any atom is -0.339 e. The molecule has 2 N–H and O–H groups in total. The fourth-order valence-electron chi connectivity index (χ4n) is 2.83. The minimum absolute atomic E-state index is 0.0977. The van der Waals surface area contributed by atoms with E-state index >= 15 is 0 Å². The summed E-state index contributed by atoms with van der Waals surface area (Å²) in [5, 5.41) is 2.75. The number of rotatable bonds is 9. The second-order valence-electron chi connectivity index (χ2n) is 6.97. The van der Waals surface area contributed by atoms with E-state index in [0.29, 0.717) is 36.3 Å². The molecule has 0 aliphatic rings. The van der Waals surface area contributed by atoms with E-state index in [0.717, 1.165) is 0 Å².